The second kappa shape index (κ2) is 9.87. The normalized spacial score (nSPS) is 11.4. The molecular formula is C25H23IN2O3. The highest BCUT2D eigenvalue weighted by Crippen LogP contribution is 2.22. The Morgan fingerprint density at radius 3 is 2.19 bits per heavy atom. The molecular weight excluding hydrogens is 503 g/mol. The number of hydrazone groups is 1. The molecule has 0 fully saturated rings. The van der Waals surface area contributed by atoms with Crippen molar-refractivity contribution in [3.05, 3.63) is 98.6 Å². The molecule has 0 atom stereocenters. The van der Waals surface area contributed by atoms with Crippen LogP contribution in [0.15, 0.2) is 77.9 Å². The molecule has 3 aromatic rings. The Morgan fingerprint density at radius 1 is 0.935 bits per heavy atom. The van der Waals surface area contributed by atoms with Gasteiger partial charge in [-0.05, 0) is 87.7 Å². The molecule has 0 saturated carbocycles. The van der Waals surface area contributed by atoms with Crippen molar-refractivity contribution >= 4 is 40.7 Å². The molecule has 0 aromatic heterocycles. The fraction of sp³-hybridized carbons (Fsp3) is 0.160. The Bertz CT molecular complexity index is 1100. The molecule has 6 heteroatoms. The van der Waals surface area contributed by atoms with Crippen molar-refractivity contribution in [2.24, 2.45) is 5.10 Å². The summed E-state index contributed by atoms with van der Waals surface area (Å²) in [5, 5.41) is 4.01. The first-order chi connectivity index (χ1) is 14.7. The summed E-state index contributed by atoms with van der Waals surface area (Å²) in [5.41, 5.74) is 5.55. The lowest BCUT2D eigenvalue weighted by Crippen LogP contribution is -2.18. The van der Waals surface area contributed by atoms with Crippen LogP contribution in [0.4, 0.5) is 0 Å². The fourth-order valence-electron chi connectivity index (χ4n) is 2.76. The number of ether oxygens (including phenoxy) is 1. The topological polar surface area (TPSA) is 67.8 Å². The van der Waals surface area contributed by atoms with Gasteiger partial charge in [0.15, 0.2) is 0 Å². The molecule has 0 bridgehead atoms. The van der Waals surface area contributed by atoms with Crippen LogP contribution >= 0.6 is 22.6 Å². The van der Waals surface area contributed by atoms with Gasteiger partial charge in [-0.25, -0.2) is 10.2 Å². The highest BCUT2D eigenvalue weighted by Gasteiger charge is 2.14. The third kappa shape index (κ3) is 6.24. The van der Waals surface area contributed by atoms with E-state index >= 15 is 0 Å². The van der Waals surface area contributed by atoms with Crippen LogP contribution in [0, 0.1) is 3.57 Å². The number of carbonyl (C=O) groups excluding carboxylic acids is 2. The van der Waals surface area contributed by atoms with Crippen molar-refractivity contribution in [2.75, 3.05) is 0 Å². The van der Waals surface area contributed by atoms with Crippen LogP contribution in [0.3, 0.4) is 0 Å². The van der Waals surface area contributed by atoms with Crippen LogP contribution in [-0.4, -0.2) is 18.1 Å². The second-order valence-corrected chi connectivity index (χ2v) is 9.13. The standard InChI is InChI=1S/C25H23IN2O3/c1-25(2,3)19-12-10-18(11-13-19)23(29)28-27-16-17-8-14-20(15-9-17)31-24(30)21-6-4-5-7-22(21)26/h4-16H,1-3H3,(H,28,29)/b27-16-. The van der Waals surface area contributed by atoms with Crippen molar-refractivity contribution in [1.82, 2.24) is 5.43 Å². The molecule has 0 aliphatic heterocycles. The van der Waals surface area contributed by atoms with Crippen LogP contribution in [0.25, 0.3) is 0 Å². The molecule has 158 valence electrons. The summed E-state index contributed by atoms with van der Waals surface area (Å²) < 4.78 is 6.24. The van der Waals surface area contributed by atoms with Gasteiger partial charge in [0.25, 0.3) is 5.91 Å². The van der Waals surface area contributed by atoms with Crippen LogP contribution in [0.2, 0.25) is 0 Å². The van der Waals surface area contributed by atoms with Gasteiger partial charge in [-0.1, -0.05) is 45.0 Å². The van der Waals surface area contributed by atoms with Gasteiger partial charge in [0, 0.05) is 9.13 Å². The molecule has 0 heterocycles. The van der Waals surface area contributed by atoms with Gasteiger partial charge >= 0.3 is 5.97 Å². The first kappa shape index (κ1) is 22.7. The Kier molecular flexibility index (Phi) is 7.22. The minimum Gasteiger partial charge on any atom is -0.423 e. The van der Waals surface area contributed by atoms with Crippen LogP contribution in [0.5, 0.6) is 5.75 Å². The van der Waals surface area contributed by atoms with Gasteiger partial charge in [-0.15, -0.1) is 0 Å². The lowest BCUT2D eigenvalue weighted by atomic mass is 9.87. The average molecular weight is 526 g/mol. The maximum Gasteiger partial charge on any atom is 0.344 e. The zero-order valence-electron chi connectivity index (χ0n) is 17.6. The fourth-order valence-corrected chi connectivity index (χ4v) is 3.37. The molecule has 0 spiro atoms. The highest BCUT2D eigenvalue weighted by molar-refractivity contribution is 14.1. The van der Waals surface area contributed by atoms with E-state index in [-0.39, 0.29) is 11.3 Å². The van der Waals surface area contributed by atoms with Gasteiger partial charge in [-0.3, -0.25) is 4.79 Å². The monoisotopic (exact) mass is 526 g/mol. The number of nitrogens with zero attached hydrogens (tertiary/aromatic N) is 1. The lowest BCUT2D eigenvalue weighted by molar-refractivity contribution is 0.0733. The van der Waals surface area contributed by atoms with Gasteiger partial charge in [0.1, 0.15) is 5.75 Å². The zero-order valence-corrected chi connectivity index (χ0v) is 19.7. The SMILES string of the molecule is CC(C)(C)c1ccc(C(=O)N/N=C\c2ccc(OC(=O)c3ccccc3I)cc2)cc1. The molecule has 31 heavy (non-hydrogen) atoms. The Labute approximate surface area is 195 Å². The van der Waals surface area contributed by atoms with Gasteiger partial charge in [0.2, 0.25) is 0 Å². The smallest absolute Gasteiger partial charge is 0.344 e. The van der Waals surface area contributed by atoms with Crippen LogP contribution in [0.1, 0.15) is 52.6 Å². The summed E-state index contributed by atoms with van der Waals surface area (Å²) in [4.78, 5) is 24.5. The van der Waals surface area contributed by atoms with E-state index in [4.69, 9.17) is 4.74 Å². The van der Waals surface area contributed by atoms with E-state index in [0.717, 1.165) is 14.7 Å². The summed E-state index contributed by atoms with van der Waals surface area (Å²) in [6, 6.07) is 21.6. The van der Waals surface area contributed by atoms with E-state index in [1.165, 1.54) is 6.21 Å². The van der Waals surface area contributed by atoms with Crippen molar-refractivity contribution < 1.29 is 14.3 Å². The minimum atomic E-state index is -0.406. The predicted octanol–water partition coefficient (Wildman–Crippen LogP) is 5.57. The van der Waals surface area contributed by atoms with Gasteiger partial charge < -0.3 is 4.74 Å². The first-order valence-corrected chi connectivity index (χ1v) is 10.8. The molecule has 1 amide bonds. The zero-order chi connectivity index (χ0) is 22.4. The predicted molar refractivity (Wildman–Crippen MR) is 131 cm³/mol. The molecule has 0 unspecified atom stereocenters. The number of carbonyl (C=O) groups is 2. The number of halogens is 1. The number of rotatable bonds is 5. The van der Waals surface area contributed by atoms with E-state index in [1.807, 2.05) is 24.3 Å². The molecule has 0 aliphatic carbocycles. The number of amides is 1. The lowest BCUT2D eigenvalue weighted by Gasteiger charge is -2.18. The second-order valence-electron chi connectivity index (χ2n) is 7.96. The maximum absolute atomic E-state index is 12.3. The maximum atomic E-state index is 12.3. The number of benzene rings is 3. The number of nitrogens with one attached hydrogen (secondary N) is 1. The highest BCUT2D eigenvalue weighted by atomic mass is 127. The van der Waals surface area contributed by atoms with Crippen molar-refractivity contribution in [3.8, 4) is 5.75 Å². The summed E-state index contributed by atoms with van der Waals surface area (Å²) in [6.45, 7) is 6.38. The number of esters is 1. The molecule has 5 nitrogen and oxygen atoms in total. The summed E-state index contributed by atoms with van der Waals surface area (Å²) in [7, 11) is 0. The van der Waals surface area contributed by atoms with E-state index in [9.17, 15) is 9.59 Å². The average Bonchev–Trinajstić information content (AvgIpc) is 2.74. The summed E-state index contributed by atoms with van der Waals surface area (Å²) >= 11 is 2.10. The van der Waals surface area contributed by atoms with Gasteiger partial charge in [0.05, 0.1) is 11.8 Å². The van der Waals surface area contributed by atoms with E-state index < -0.39 is 5.97 Å². The number of hydrogen-bond acceptors (Lipinski definition) is 4. The summed E-state index contributed by atoms with van der Waals surface area (Å²) in [6.07, 6.45) is 1.53. The molecule has 3 rings (SSSR count). The van der Waals surface area contributed by atoms with Crippen molar-refractivity contribution in [3.63, 3.8) is 0 Å². The molecule has 0 saturated heterocycles. The van der Waals surface area contributed by atoms with E-state index in [2.05, 4.69) is 53.9 Å². The Hall–Kier alpha value is -3.00. The molecule has 3 aromatic carbocycles. The Balaban J connectivity index is 1.56. The number of hydrogen-bond donors (Lipinski definition) is 1. The van der Waals surface area contributed by atoms with Gasteiger partial charge in [-0.2, -0.15) is 5.10 Å². The Morgan fingerprint density at radius 2 is 1.58 bits per heavy atom. The van der Waals surface area contributed by atoms with Crippen molar-refractivity contribution in [2.45, 2.75) is 26.2 Å². The molecule has 0 radical (unpaired) electrons. The van der Waals surface area contributed by atoms with E-state index in [0.29, 0.717) is 16.9 Å². The molecule has 0 aliphatic rings. The van der Waals surface area contributed by atoms with Crippen LogP contribution < -0.4 is 10.2 Å². The van der Waals surface area contributed by atoms with Crippen LogP contribution in [-0.2, 0) is 5.41 Å². The van der Waals surface area contributed by atoms with Crippen molar-refractivity contribution in [1.29, 1.82) is 0 Å². The third-order valence-electron chi connectivity index (χ3n) is 4.58. The summed E-state index contributed by atoms with van der Waals surface area (Å²) in [5.74, 6) is -0.249. The minimum absolute atomic E-state index is 0.0349. The molecule has 1 N–H and O–H groups in total. The first-order valence-electron chi connectivity index (χ1n) is 9.75. The quantitative estimate of drug-likeness (QED) is 0.155. The largest absolute Gasteiger partial charge is 0.423 e. The third-order valence-corrected chi connectivity index (χ3v) is 5.52. The van der Waals surface area contributed by atoms with E-state index in [1.54, 1.807) is 48.5 Å².